The molecule has 0 aliphatic carbocycles. The maximum atomic E-state index is 14.9. The Morgan fingerprint density at radius 2 is 1.53 bits per heavy atom. The van der Waals surface area contributed by atoms with Crippen LogP contribution in [0.25, 0.3) is 33.3 Å². The van der Waals surface area contributed by atoms with Crippen molar-refractivity contribution in [2.24, 2.45) is 7.05 Å². The molecule has 2 heterocycles. The van der Waals surface area contributed by atoms with E-state index in [1.807, 2.05) is 43.3 Å². The third-order valence-electron chi connectivity index (χ3n) is 5.94. The summed E-state index contributed by atoms with van der Waals surface area (Å²) in [5.74, 6) is -0.305. The van der Waals surface area contributed by atoms with Crippen molar-refractivity contribution in [3.05, 3.63) is 111 Å². The lowest BCUT2D eigenvalue weighted by Crippen LogP contribution is -2.31. The zero-order valence-corrected chi connectivity index (χ0v) is 17.6. The van der Waals surface area contributed by atoms with Crippen molar-refractivity contribution < 1.29 is 4.39 Å². The van der Waals surface area contributed by atoms with Gasteiger partial charge in [-0.25, -0.2) is 9.37 Å². The van der Waals surface area contributed by atoms with Gasteiger partial charge in [0.25, 0.3) is 5.56 Å². The van der Waals surface area contributed by atoms with Crippen molar-refractivity contribution in [2.45, 2.75) is 13.0 Å². The first kappa shape index (κ1) is 19.9. The Kier molecular flexibility index (Phi) is 4.70. The van der Waals surface area contributed by atoms with E-state index in [1.165, 1.54) is 10.6 Å². The molecule has 0 aliphatic rings. The van der Waals surface area contributed by atoms with Crippen LogP contribution in [0.3, 0.4) is 0 Å². The average molecular weight is 425 g/mol. The minimum Gasteiger partial charge on any atom is -0.328 e. The lowest BCUT2D eigenvalue weighted by atomic mass is 10.1. The number of fused-ring (bicyclic) bond motifs is 2. The van der Waals surface area contributed by atoms with E-state index in [2.05, 4.69) is 0 Å². The standard InChI is InChI=1S/C26H20FN3O2/c1-16(17-10-4-3-5-11-17)30-24(18-12-6-8-14-20(18)27)28-25-22(26(30)32)23(31)19-13-7-9-15-21(19)29(25)2/h3-16H,1-2H3/t16-/m1/s1. The number of benzene rings is 3. The molecule has 32 heavy (non-hydrogen) atoms. The van der Waals surface area contributed by atoms with Gasteiger partial charge in [0.2, 0.25) is 5.43 Å². The predicted molar refractivity (Wildman–Crippen MR) is 124 cm³/mol. The normalized spacial score (nSPS) is 12.3. The van der Waals surface area contributed by atoms with Gasteiger partial charge >= 0.3 is 0 Å². The minimum absolute atomic E-state index is 0.00549. The molecule has 0 amide bonds. The zero-order chi connectivity index (χ0) is 22.4. The molecule has 0 N–H and O–H groups in total. The van der Waals surface area contributed by atoms with E-state index in [1.54, 1.807) is 48.0 Å². The number of hydrogen-bond donors (Lipinski definition) is 0. The van der Waals surface area contributed by atoms with Crippen LogP contribution in [-0.2, 0) is 7.05 Å². The highest BCUT2D eigenvalue weighted by molar-refractivity contribution is 5.92. The molecule has 0 saturated carbocycles. The van der Waals surface area contributed by atoms with Gasteiger partial charge in [-0.2, -0.15) is 0 Å². The first-order valence-electron chi connectivity index (χ1n) is 10.3. The van der Waals surface area contributed by atoms with E-state index in [-0.39, 0.29) is 27.9 Å². The van der Waals surface area contributed by atoms with E-state index in [9.17, 15) is 14.0 Å². The van der Waals surface area contributed by atoms with E-state index in [0.29, 0.717) is 10.9 Å². The highest BCUT2D eigenvalue weighted by Gasteiger charge is 2.23. The summed E-state index contributed by atoms with van der Waals surface area (Å²) in [5, 5.41) is 0.438. The first-order chi connectivity index (χ1) is 15.5. The van der Waals surface area contributed by atoms with Crippen LogP contribution in [-0.4, -0.2) is 14.1 Å². The summed E-state index contributed by atoms with van der Waals surface area (Å²) in [4.78, 5) is 31.9. The highest BCUT2D eigenvalue weighted by atomic mass is 19.1. The van der Waals surface area contributed by atoms with Gasteiger partial charge in [0.1, 0.15) is 17.0 Å². The molecule has 5 aromatic rings. The second-order valence-electron chi connectivity index (χ2n) is 7.78. The topological polar surface area (TPSA) is 56.9 Å². The quantitative estimate of drug-likeness (QED) is 0.395. The molecule has 0 unspecified atom stereocenters. The lowest BCUT2D eigenvalue weighted by Gasteiger charge is -2.21. The van der Waals surface area contributed by atoms with Crippen molar-refractivity contribution in [1.82, 2.24) is 14.1 Å². The Morgan fingerprint density at radius 3 is 2.28 bits per heavy atom. The largest absolute Gasteiger partial charge is 0.328 e. The van der Waals surface area contributed by atoms with Gasteiger partial charge in [-0.1, -0.05) is 54.6 Å². The van der Waals surface area contributed by atoms with Crippen LogP contribution in [0, 0.1) is 5.82 Å². The summed E-state index contributed by atoms with van der Waals surface area (Å²) in [5.41, 5.74) is 1.08. The Morgan fingerprint density at radius 1 is 0.875 bits per heavy atom. The summed E-state index contributed by atoms with van der Waals surface area (Å²) >= 11 is 0. The number of nitrogens with zero attached hydrogens (tertiary/aromatic N) is 3. The van der Waals surface area contributed by atoms with Crippen molar-refractivity contribution in [3.63, 3.8) is 0 Å². The van der Waals surface area contributed by atoms with Gasteiger partial charge in [-0.15, -0.1) is 0 Å². The number of pyridine rings is 1. The fraction of sp³-hybridized carbons (Fsp3) is 0.115. The molecule has 5 rings (SSSR count). The smallest absolute Gasteiger partial charge is 0.267 e. The molecule has 2 aromatic heterocycles. The second kappa shape index (κ2) is 7.57. The third kappa shape index (κ3) is 2.95. The number of rotatable bonds is 3. The number of hydrogen-bond acceptors (Lipinski definition) is 3. The van der Waals surface area contributed by atoms with E-state index < -0.39 is 17.4 Å². The van der Waals surface area contributed by atoms with Crippen molar-refractivity contribution >= 4 is 21.9 Å². The average Bonchev–Trinajstić information content (AvgIpc) is 2.82. The number of halogens is 1. The molecular formula is C26H20FN3O2. The monoisotopic (exact) mass is 425 g/mol. The van der Waals surface area contributed by atoms with Crippen LogP contribution in [0.5, 0.6) is 0 Å². The molecule has 3 aromatic carbocycles. The fourth-order valence-electron chi connectivity index (χ4n) is 4.24. The van der Waals surface area contributed by atoms with Gasteiger partial charge in [0.05, 0.1) is 17.1 Å². The fourth-order valence-corrected chi connectivity index (χ4v) is 4.24. The van der Waals surface area contributed by atoms with Crippen molar-refractivity contribution in [2.75, 3.05) is 0 Å². The van der Waals surface area contributed by atoms with E-state index >= 15 is 0 Å². The van der Waals surface area contributed by atoms with Crippen LogP contribution >= 0.6 is 0 Å². The Bertz CT molecular complexity index is 1600. The Labute approximate surface area is 183 Å². The summed E-state index contributed by atoms with van der Waals surface area (Å²) in [7, 11) is 1.76. The summed E-state index contributed by atoms with van der Waals surface area (Å²) < 4.78 is 18.0. The van der Waals surface area contributed by atoms with Crippen LogP contribution < -0.4 is 11.0 Å². The van der Waals surface area contributed by atoms with Gasteiger partial charge in [0.15, 0.2) is 5.65 Å². The van der Waals surface area contributed by atoms with Crippen LogP contribution in [0.15, 0.2) is 88.5 Å². The minimum atomic E-state index is -0.490. The third-order valence-corrected chi connectivity index (χ3v) is 5.94. The summed E-state index contributed by atoms with van der Waals surface area (Å²) in [6.07, 6.45) is 0. The SMILES string of the molecule is C[C@H](c1ccccc1)n1c(-c2ccccc2F)nc2c(c(=O)c3ccccc3n2C)c1=O. The van der Waals surface area contributed by atoms with E-state index in [4.69, 9.17) is 4.98 Å². The molecule has 5 nitrogen and oxygen atoms in total. The highest BCUT2D eigenvalue weighted by Crippen LogP contribution is 2.27. The number of aromatic nitrogens is 3. The van der Waals surface area contributed by atoms with Gasteiger partial charge < -0.3 is 4.57 Å². The molecule has 0 spiro atoms. The number of para-hydroxylation sites is 1. The lowest BCUT2D eigenvalue weighted by molar-refractivity contribution is 0.600. The van der Waals surface area contributed by atoms with Crippen molar-refractivity contribution in [1.29, 1.82) is 0 Å². The maximum absolute atomic E-state index is 14.9. The predicted octanol–water partition coefficient (Wildman–Crippen LogP) is 4.66. The molecule has 0 fully saturated rings. The molecule has 0 aliphatic heterocycles. The van der Waals surface area contributed by atoms with Gasteiger partial charge in [-0.05, 0) is 36.8 Å². The molecular weight excluding hydrogens is 405 g/mol. The molecule has 6 heteroatoms. The second-order valence-corrected chi connectivity index (χ2v) is 7.78. The summed E-state index contributed by atoms with van der Waals surface area (Å²) in [6.45, 7) is 1.85. The van der Waals surface area contributed by atoms with Gasteiger partial charge in [0, 0.05) is 12.4 Å². The van der Waals surface area contributed by atoms with Crippen LogP contribution in [0.1, 0.15) is 18.5 Å². The van der Waals surface area contributed by atoms with Crippen molar-refractivity contribution in [3.8, 4) is 11.4 Å². The van der Waals surface area contributed by atoms with Crippen LogP contribution in [0.4, 0.5) is 4.39 Å². The maximum Gasteiger partial charge on any atom is 0.267 e. The Hall–Kier alpha value is -4.06. The summed E-state index contributed by atoms with van der Waals surface area (Å²) in [6, 6.07) is 22.3. The first-order valence-corrected chi connectivity index (χ1v) is 10.3. The number of aryl methyl sites for hydroxylation is 1. The van der Waals surface area contributed by atoms with Crippen LogP contribution in [0.2, 0.25) is 0 Å². The Balaban J connectivity index is 1.98. The molecule has 0 bridgehead atoms. The van der Waals surface area contributed by atoms with E-state index in [0.717, 1.165) is 5.56 Å². The molecule has 158 valence electrons. The molecule has 1 atom stereocenters. The molecule has 0 saturated heterocycles. The zero-order valence-electron chi connectivity index (χ0n) is 17.6. The molecule has 0 radical (unpaired) electrons. The van der Waals surface area contributed by atoms with Gasteiger partial charge in [-0.3, -0.25) is 14.2 Å².